The van der Waals surface area contributed by atoms with Crippen molar-refractivity contribution in [1.29, 1.82) is 0 Å². The standard InChI is InChI=1S/C53H84O5/c1-4-7-10-13-16-19-22-25-27-29-31-34-37-40-43-46-52(54)57-50-51(49-56-48-45-42-39-36-33-30-26-23-20-17-14-11-8-5-2)58-53(55)47-44-41-38-35-32-28-24-21-18-15-12-9-6-3/h7-12,16-21,25-28,30,32,36,39,51H,4-6,13-15,22-24,29,31,33-35,37-38,40-50H2,1-3H3/b10-7-,11-8-,12-9-,19-16-,20-17-,21-18-,27-25-,30-26-,32-28-,39-36-. The minimum atomic E-state index is -0.594. The summed E-state index contributed by atoms with van der Waals surface area (Å²) in [6, 6.07) is 0. The Morgan fingerprint density at radius 2 is 0.724 bits per heavy atom. The molecule has 58 heavy (non-hydrogen) atoms. The zero-order valence-electron chi connectivity index (χ0n) is 37.3. The van der Waals surface area contributed by atoms with Crippen molar-refractivity contribution in [2.75, 3.05) is 19.8 Å². The topological polar surface area (TPSA) is 61.8 Å². The minimum Gasteiger partial charge on any atom is -0.462 e. The number of hydrogen-bond acceptors (Lipinski definition) is 5. The molecule has 0 bridgehead atoms. The molecule has 0 heterocycles. The predicted molar refractivity (Wildman–Crippen MR) is 251 cm³/mol. The van der Waals surface area contributed by atoms with Gasteiger partial charge in [-0.3, -0.25) is 9.59 Å². The molecule has 0 aliphatic heterocycles. The van der Waals surface area contributed by atoms with Gasteiger partial charge in [0.15, 0.2) is 6.10 Å². The fourth-order valence-corrected chi connectivity index (χ4v) is 5.66. The molecule has 0 fully saturated rings. The van der Waals surface area contributed by atoms with Crippen molar-refractivity contribution >= 4 is 11.9 Å². The van der Waals surface area contributed by atoms with E-state index in [0.29, 0.717) is 19.4 Å². The van der Waals surface area contributed by atoms with Gasteiger partial charge in [0, 0.05) is 19.4 Å². The number of ether oxygens (including phenoxy) is 3. The van der Waals surface area contributed by atoms with Crippen LogP contribution in [0.4, 0.5) is 0 Å². The van der Waals surface area contributed by atoms with E-state index < -0.39 is 6.10 Å². The highest BCUT2D eigenvalue weighted by Crippen LogP contribution is 2.11. The van der Waals surface area contributed by atoms with E-state index in [1.807, 2.05) is 0 Å². The number of esters is 2. The van der Waals surface area contributed by atoms with Gasteiger partial charge >= 0.3 is 11.9 Å². The van der Waals surface area contributed by atoms with Crippen molar-refractivity contribution < 1.29 is 23.8 Å². The van der Waals surface area contributed by atoms with Crippen molar-refractivity contribution in [2.24, 2.45) is 0 Å². The molecule has 0 aromatic carbocycles. The Morgan fingerprint density at radius 1 is 0.379 bits per heavy atom. The van der Waals surface area contributed by atoms with Crippen LogP contribution in [0.1, 0.15) is 175 Å². The van der Waals surface area contributed by atoms with Crippen molar-refractivity contribution in [3.8, 4) is 0 Å². The van der Waals surface area contributed by atoms with Gasteiger partial charge in [-0.2, -0.15) is 0 Å². The van der Waals surface area contributed by atoms with Crippen LogP contribution in [0.3, 0.4) is 0 Å². The van der Waals surface area contributed by atoms with Crippen LogP contribution >= 0.6 is 0 Å². The van der Waals surface area contributed by atoms with Gasteiger partial charge < -0.3 is 14.2 Å². The van der Waals surface area contributed by atoms with Crippen LogP contribution in [-0.2, 0) is 23.8 Å². The first-order valence-corrected chi connectivity index (χ1v) is 23.1. The van der Waals surface area contributed by atoms with Gasteiger partial charge in [-0.05, 0) is 116 Å². The molecule has 0 aromatic rings. The Balaban J connectivity index is 4.45. The van der Waals surface area contributed by atoms with E-state index in [1.165, 1.54) is 12.8 Å². The van der Waals surface area contributed by atoms with E-state index >= 15 is 0 Å². The number of unbranched alkanes of at least 4 members (excludes halogenated alkanes) is 9. The van der Waals surface area contributed by atoms with Gasteiger partial charge in [0.25, 0.3) is 0 Å². The monoisotopic (exact) mass is 801 g/mol. The van der Waals surface area contributed by atoms with Crippen molar-refractivity contribution in [3.05, 3.63) is 122 Å². The summed E-state index contributed by atoms with van der Waals surface area (Å²) in [6.45, 7) is 7.27. The Bertz CT molecular complexity index is 1220. The Kier molecular flexibility index (Phi) is 44.6. The molecule has 326 valence electrons. The Hall–Kier alpha value is -3.70. The molecule has 0 saturated carbocycles. The van der Waals surface area contributed by atoms with E-state index in [9.17, 15) is 9.59 Å². The second kappa shape index (κ2) is 47.7. The lowest BCUT2D eigenvalue weighted by atomic mass is 10.1. The second-order valence-electron chi connectivity index (χ2n) is 14.5. The number of carbonyl (C=O) groups excluding carboxylic acids is 2. The van der Waals surface area contributed by atoms with E-state index in [-0.39, 0.29) is 25.2 Å². The molecular weight excluding hydrogens is 717 g/mol. The SMILES string of the molecule is CC/C=C\C/C=C\C/C=C\C/C=C\CCCOCC(COC(=O)CCCCCCC/C=C\C/C=C\C/C=C\CC)OC(=O)CCCCC/C=C\C/C=C\C/C=C\CC. The maximum Gasteiger partial charge on any atom is 0.306 e. The molecule has 0 N–H and O–H groups in total. The van der Waals surface area contributed by atoms with Crippen LogP contribution in [0.2, 0.25) is 0 Å². The van der Waals surface area contributed by atoms with Crippen molar-refractivity contribution in [3.63, 3.8) is 0 Å². The average molecular weight is 801 g/mol. The molecule has 0 amide bonds. The molecule has 0 spiro atoms. The number of rotatable bonds is 40. The first-order chi connectivity index (χ1) is 28.6. The second-order valence-corrected chi connectivity index (χ2v) is 14.5. The highest BCUT2D eigenvalue weighted by molar-refractivity contribution is 5.70. The molecular formula is C53H84O5. The fourth-order valence-electron chi connectivity index (χ4n) is 5.66. The summed E-state index contributed by atoms with van der Waals surface area (Å²) >= 11 is 0. The lowest BCUT2D eigenvalue weighted by Crippen LogP contribution is -2.30. The normalized spacial score (nSPS) is 13.4. The predicted octanol–water partition coefficient (Wildman–Crippen LogP) is 15.4. The summed E-state index contributed by atoms with van der Waals surface area (Å²) in [4.78, 5) is 25.3. The van der Waals surface area contributed by atoms with Crippen LogP contribution < -0.4 is 0 Å². The molecule has 0 rings (SSSR count). The summed E-state index contributed by atoms with van der Waals surface area (Å²) in [7, 11) is 0. The first-order valence-electron chi connectivity index (χ1n) is 23.1. The quantitative estimate of drug-likeness (QED) is 0.0351. The van der Waals surface area contributed by atoms with Gasteiger partial charge in [-0.15, -0.1) is 0 Å². The molecule has 0 saturated heterocycles. The van der Waals surface area contributed by atoms with Gasteiger partial charge in [0.1, 0.15) is 6.61 Å². The number of hydrogen-bond donors (Lipinski definition) is 0. The van der Waals surface area contributed by atoms with Crippen molar-refractivity contribution in [1.82, 2.24) is 0 Å². The molecule has 0 aromatic heterocycles. The highest BCUT2D eigenvalue weighted by Gasteiger charge is 2.17. The summed E-state index contributed by atoms with van der Waals surface area (Å²) in [5.74, 6) is -0.494. The highest BCUT2D eigenvalue weighted by atomic mass is 16.6. The van der Waals surface area contributed by atoms with Crippen LogP contribution in [0.15, 0.2) is 122 Å². The van der Waals surface area contributed by atoms with E-state index in [0.717, 1.165) is 128 Å². The third-order valence-electron chi connectivity index (χ3n) is 8.97. The van der Waals surface area contributed by atoms with E-state index in [2.05, 4.69) is 142 Å². The maximum absolute atomic E-state index is 12.7. The summed E-state index contributed by atoms with van der Waals surface area (Å²) in [5.41, 5.74) is 0. The number of allylic oxidation sites excluding steroid dienone is 20. The zero-order chi connectivity index (χ0) is 42.1. The lowest BCUT2D eigenvalue weighted by molar-refractivity contribution is -0.163. The lowest BCUT2D eigenvalue weighted by Gasteiger charge is -2.18. The molecule has 1 unspecified atom stereocenters. The molecule has 1 atom stereocenters. The zero-order valence-corrected chi connectivity index (χ0v) is 37.3. The van der Waals surface area contributed by atoms with E-state index in [4.69, 9.17) is 14.2 Å². The Labute approximate surface area is 356 Å². The maximum atomic E-state index is 12.7. The van der Waals surface area contributed by atoms with Gasteiger partial charge in [-0.1, -0.05) is 168 Å². The third kappa shape index (κ3) is 45.0. The van der Waals surface area contributed by atoms with Gasteiger partial charge in [0.2, 0.25) is 0 Å². The third-order valence-corrected chi connectivity index (χ3v) is 8.97. The van der Waals surface area contributed by atoms with Crippen LogP contribution in [0.25, 0.3) is 0 Å². The number of carbonyl (C=O) groups is 2. The van der Waals surface area contributed by atoms with Crippen LogP contribution in [0, 0.1) is 0 Å². The van der Waals surface area contributed by atoms with Crippen LogP contribution in [0.5, 0.6) is 0 Å². The fraction of sp³-hybridized carbons (Fsp3) is 0.585. The molecule has 5 heteroatoms. The summed E-state index contributed by atoms with van der Waals surface area (Å²) < 4.78 is 17.2. The van der Waals surface area contributed by atoms with Gasteiger partial charge in [0.05, 0.1) is 6.61 Å². The largest absolute Gasteiger partial charge is 0.462 e. The smallest absolute Gasteiger partial charge is 0.306 e. The average Bonchev–Trinajstić information content (AvgIpc) is 3.22. The minimum absolute atomic E-state index is 0.0343. The summed E-state index contributed by atoms with van der Waals surface area (Å²) in [6.07, 6.45) is 66.4. The molecule has 0 radical (unpaired) electrons. The van der Waals surface area contributed by atoms with Crippen molar-refractivity contribution in [2.45, 2.75) is 181 Å². The first kappa shape index (κ1) is 54.3. The van der Waals surface area contributed by atoms with Gasteiger partial charge in [-0.25, -0.2) is 0 Å². The summed E-state index contributed by atoms with van der Waals surface area (Å²) in [5, 5.41) is 0. The van der Waals surface area contributed by atoms with E-state index in [1.54, 1.807) is 0 Å². The van der Waals surface area contributed by atoms with Crippen LogP contribution in [-0.4, -0.2) is 37.9 Å². The Morgan fingerprint density at radius 3 is 1.17 bits per heavy atom. The molecule has 5 nitrogen and oxygen atoms in total. The molecule has 0 aliphatic carbocycles. The molecule has 0 aliphatic rings.